The van der Waals surface area contributed by atoms with Gasteiger partial charge < -0.3 is 10.3 Å². The molecule has 2 rings (SSSR count). The Bertz CT molecular complexity index is 485. The summed E-state index contributed by atoms with van der Waals surface area (Å²) in [5, 5.41) is 3.33. The first-order chi connectivity index (χ1) is 6.33. The number of H-pyrrole nitrogens is 1. The van der Waals surface area contributed by atoms with Crippen LogP contribution >= 0.6 is 0 Å². The van der Waals surface area contributed by atoms with Crippen LogP contribution in [0.2, 0.25) is 0 Å². The van der Waals surface area contributed by atoms with Crippen molar-refractivity contribution in [2.24, 2.45) is 0 Å². The average molecular weight is 176 g/mol. The smallest absolute Gasteiger partial charge is 0.194 e. The van der Waals surface area contributed by atoms with Gasteiger partial charge in [0.2, 0.25) is 0 Å². The minimum absolute atomic E-state index is 0.0845. The van der Waals surface area contributed by atoms with Crippen LogP contribution in [-0.4, -0.2) is 22.0 Å². The molecule has 2 N–H and O–H groups in total. The van der Waals surface area contributed by atoms with Gasteiger partial charge in [-0.2, -0.15) is 0 Å². The van der Waals surface area contributed by atoms with E-state index >= 15 is 0 Å². The second-order valence-electron chi connectivity index (χ2n) is 2.54. The Labute approximate surface area is 73.8 Å². The highest BCUT2D eigenvalue weighted by Gasteiger charge is 2.04. The fourth-order valence-corrected chi connectivity index (χ4v) is 1.20. The fraction of sp³-hybridized carbons (Fsp3) is 0.125. The van der Waals surface area contributed by atoms with Crippen molar-refractivity contribution in [1.29, 1.82) is 0 Å². The molecule has 0 unspecified atom stereocenters. The minimum atomic E-state index is -0.0845. The molecule has 2 aromatic heterocycles. The van der Waals surface area contributed by atoms with E-state index in [0.717, 1.165) is 0 Å². The van der Waals surface area contributed by atoms with Gasteiger partial charge in [-0.25, -0.2) is 9.97 Å². The Morgan fingerprint density at radius 2 is 2.31 bits per heavy atom. The van der Waals surface area contributed by atoms with Crippen LogP contribution < -0.4 is 10.7 Å². The summed E-state index contributed by atoms with van der Waals surface area (Å²) in [5.74, 6) is 0.548. The number of aromatic nitrogens is 3. The van der Waals surface area contributed by atoms with E-state index in [-0.39, 0.29) is 5.43 Å². The van der Waals surface area contributed by atoms with Crippen LogP contribution in [0.4, 0.5) is 5.82 Å². The van der Waals surface area contributed by atoms with Crippen LogP contribution in [-0.2, 0) is 0 Å². The largest absolute Gasteiger partial charge is 0.372 e. The van der Waals surface area contributed by atoms with E-state index in [2.05, 4.69) is 20.3 Å². The van der Waals surface area contributed by atoms with E-state index in [1.807, 2.05) is 0 Å². The lowest BCUT2D eigenvalue weighted by Gasteiger charge is -2.01. The van der Waals surface area contributed by atoms with Crippen molar-refractivity contribution in [1.82, 2.24) is 15.0 Å². The topological polar surface area (TPSA) is 70.7 Å². The maximum Gasteiger partial charge on any atom is 0.194 e. The van der Waals surface area contributed by atoms with E-state index < -0.39 is 0 Å². The normalized spacial score (nSPS) is 10.2. The molecule has 0 bridgehead atoms. The summed E-state index contributed by atoms with van der Waals surface area (Å²) in [7, 11) is 1.72. The van der Waals surface area contributed by atoms with Crippen LogP contribution in [0.3, 0.4) is 0 Å². The zero-order valence-electron chi connectivity index (χ0n) is 7.03. The maximum absolute atomic E-state index is 11.4. The Morgan fingerprint density at radius 3 is 3.08 bits per heavy atom. The van der Waals surface area contributed by atoms with Crippen LogP contribution in [0.5, 0.6) is 0 Å². The molecule has 0 aliphatic heterocycles. The van der Waals surface area contributed by atoms with Crippen molar-refractivity contribution < 1.29 is 0 Å². The minimum Gasteiger partial charge on any atom is -0.372 e. The Kier molecular flexibility index (Phi) is 1.70. The molecule has 0 aliphatic rings. The Morgan fingerprint density at radius 1 is 1.46 bits per heavy atom. The molecule has 66 valence electrons. The number of aromatic amines is 1. The monoisotopic (exact) mass is 176 g/mol. The molecule has 5 heteroatoms. The molecular formula is C8H8N4O. The van der Waals surface area contributed by atoms with E-state index in [4.69, 9.17) is 0 Å². The molecule has 0 aromatic carbocycles. The summed E-state index contributed by atoms with van der Waals surface area (Å²) in [5.41, 5.74) is 0.463. The van der Waals surface area contributed by atoms with E-state index in [1.54, 1.807) is 13.2 Å². The van der Waals surface area contributed by atoms with Gasteiger partial charge in [0.05, 0.1) is 0 Å². The average Bonchev–Trinajstić information content (AvgIpc) is 2.17. The number of pyridine rings is 1. The predicted octanol–water partition coefficient (Wildman–Crippen LogP) is 0.360. The van der Waals surface area contributed by atoms with Gasteiger partial charge in [0.15, 0.2) is 5.43 Å². The molecule has 0 radical (unpaired) electrons. The van der Waals surface area contributed by atoms with Crippen molar-refractivity contribution in [3.63, 3.8) is 0 Å². The highest BCUT2D eigenvalue weighted by Crippen LogP contribution is 2.10. The van der Waals surface area contributed by atoms with Gasteiger partial charge in [-0.05, 0) is 0 Å². The fourth-order valence-electron chi connectivity index (χ4n) is 1.20. The zero-order valence-corrected chi connectivity index (χ0v) is 7.03. The third-order valence-electron chi connectivity index (χ3n) is 1.79. The molecule has 2 aromatic rings. The number of nitrogens with zero attached hydrogens (tertiary/aromatic N) is 2. The maximum atomic E-state index is 11.4. The van der Waals surface area contributed by atoms with Crippen molar-refractivity contribution in [2.75, 3.05) is 12.4 Å². The van der Waals surface area contributed by atoms with Crippen LogP contribution in [0.25, 0.3) is 11.0 Å². The molecule has 0 atom stereocenters. The Hall–Kier alpha value is -1.91. The molecule has 5 nitrogen and oxygen atoms in total. The quantitative estimate of drug-likeness (QED) is 0.658. The molecule has 0 saturated heterocycles. The van der Waals surface area contributed by atoms with Gasteiger partial charge in [-0.1, -0.05) is 0 Å². The number of hydrogen-bond donors (Lipinski definition) is 2. The molecule has 0 fully saturated rings. The van der Waals surface area contributed by atoms with Gasteiger partial charge in [0.1, 0.15) is 23.2 Å². The third-order valence-corrected chi connectivity index (χ3v) is 1.79. The zero-order chi connectivity index (χ0) is 9.26. The molecule has 13 heavy (non-hydrogen) atoms. The molecule has 0 amide bonds. The van der Waals surface area contributed by atoms with Gasteiger partial charge >= 0.3 is 0 Å². The van der Waals surface area contributed by atoms with Crippen LogP contribution in [0, 0.1) is 0 Å². The number of fused-ring (bicyclic) bond motifs is 1. The SMILES string of the molecule is CNc1ncnc2[nH]ccc(=O)c12. The number of nitrogens with one attached hydrogen (secondary N) is 2. The van der Waals surface area contributed by atoms with E-state index in [1.165, 1.54) is 12.4 Å². The second-order valence-corrected chi connectivity index (χ2v) is 2.54. The summed E-state index contributed by atoms with van der Waals surface area (Å²) in [4.78, 5) is 22.2. The van der Waals surface area contributed by atoms with Crippen LogP contribution in [0.15, 0.2) is 23.4 Å². The first-order valence-corrected chi connectivity index (χ1v) is 3.83. The summed E-state index contributed by atoms with van der Waals surface area (Å²) in [6, 6.07) is 1.45. The molecule has 0 spiro atoms. The highest BCUT2D eigenvalue weighted by molar-refractivity contribution is 5.85. The van der Waals surface area contributed by atoms with Gasteiger partial charge in [0.25, 0.3) is 0 Å². The lowest BCUT2D eigenvalue weighted by molar-refractivity contribution is 1.17. The van der Waals surface area contributed by atoms with Crippen LogP contribution in [0.1, 0.15) is 0 Å². The Balaban J connectivity index is 2.95. The van der Waals surface area contributed by atoms with Crippen molar-refractivity contribution in [3.05, 3.63) is 28.8 Å². The third kappa shape index (κ3) is 1.14. The van der Waals surface area contributed by atoms with Crippen molar-refractivity contribution in [3.8, 4) is 0 Å². The first kappa shape index (κ1) is 7.72. The number of hydrogen-bond acceptors (Lipinski definition) is 4. The lowest BCUT2D eigenvalue weighted by Crippen LogP contribution is -2.06. The predicted molar refractivity (Wildman–Crippen MR) is 49.7 cm³/mol. The number of rotatable bonds is 1. The molecule has 0 saturated carbocycles. The first-order valence-electron chi connectivity index (χ1n) is 3.83. The summed E-state index contributed by atoms with van der Waals surface area (Å²) in [6.45, 7) is 0. The van der Waals surface area contributed by atoms with Crippen molar-refractivity contribution in [2.45, 2.75) is 0 Å². The molecular weight excluding hydrogens is 168 g/mol. The highest BCUT2D eigenvalue weighted by atomic mass is 16.1. The van der Waals surface area contributed by atoms with Crippen molar-refractivity contribution >= 4 is 16.9 Å². The van der Waals surface area contributed by atoms with E-state index in [9.17, 15) is 4.79 Å². The van der Waals surface area contributed by atoms with Gasteiger partial charge in [0, 0.05) is 19.3 Å². The standard InChI is InChI=1S/C8H8N4O/c1-9-7-6-5(13)2-3-10-8(6)12-4-11-7/h2-4H,1H3,(H2,9,10,11,12,13). The second kappa shape index (κ2) is 2.85. The molecule has 2 heterocycles. The summed E-state index contributed by atoms with van der Waals surface area (Å²) in [6.07, 6.45) is 2.97. The van der Waals surface area contributed by atoms with Gasteiger partial charge in [-0.15, -0.1) is 0 Å². The number of anilines is 1. The van der Waals surface area contributed by atoms with E-state index in [0.29, 0.717) is 16.9 Å². The summed E-state index contributed by atoms with van der Waals surface area (Å²) < 4.78 is 0. The lowest BCUT2D eigenvalue weighted by atomic mass is 10.3. The summed E-state index contributed by atoms with van der Waals surface area (Å²) >= 11 is 0. The van der Waals surface area contributed by atoms with Gasteiger partial charge in [-0.3, -0.25) is 4.79 Å². The molecule has 0 aliphatic carbocycles.